The minimum absolute atomic E-state index is 0.664. The first-order valence-electron chi connectivity index (χ1n) is 8.48. The van der Waals surface area contributed by atoms with Gasteiger partial charge in [-0.1, -0.05) is 76.3 Å². The number of nitrogens with one attached hydrogen (secondary N) is 1. The lowest BCUT2D eigenvalue weighted by molar-refractivity contribution is 0.377. The predicted molar refractivity (Wildman–Crippen MR) is 90.4 cm³/mol. The molecule has 1 N–H and O–H groups in total. The Labute approximate surface area is 126 Å². The van der Waals surface area contributed by atoms with Crippen molar-refractivity contribution in [3.8, 4) is 0 Å². The van der Waals surface area contributed by atoms with E-state index in [1.165, 1.54) is 43.2 Å². The van der Waals surface area contributed by atoms with Gasteiger partial charge in [-0.25, -0.2) is 0 Å². The van der Waals surface area contributed by atoms with Crippen molar-refractivity contribution >= 4 is 0 Å². The van der Waals surface area contributed by atoms with E-state index >= 15 is 0 Å². The maximum atomic E-state index is 3.55. The smallest absolute Gasteiger partial charge is 0.00201 e. The quantitative estimate of drug-likeness (QED) is 0.611. The zero-order valence-electron chi connectivity index (χ0n) is 13.9. The second-order valence-corrected chi connectivity index (χ2v) is 6.07. The number of unbranched alkanes of at least 4 members (excludes halogenated alkanes) is 1. The minimum Gasteiger partial charge on any atom is -0.316 e. The van der Waals surface area contributed by atoms with Crippen LogP contribution in [0, 0.1) is 12.8 Å². The van der Waals surface area contributed by atoms with Crippen molar-refractivity contribution < 1.29 is 0 Å². The van der Waals surface area contributed by atoms with Crippen LogP contribution in [0.5, 0.6) is 0 Å². The maximum absolute atomic E-state index is 3.55. The van der Waals surface area contributed by atoms with E-state index in [9.17, 15) is 0 Å². The van der Waals surface area contributed by atoms with Gasteiger partial charge < -0.3 is 5.32 Å². The van der Waals surface area contributed by atoms with E-state index in [1.54, 1.807) is 0 Å². The summed E-state index contributed by atoms with van der Waals surface area (Å²) in [5.41, 5.74) is 2.86. The molecule has 0 aliphatic heterocycles. The summed E-state index contributed by atoms with van der Waals surface area (Å²) >= 11 is 0. The Morgan fingerprint density at radius 2 is 1.75 bits per heavy atom. The van der Waals surface area contributed by atoms with Gasteiger partial charge in [0.1, 0.15) is 0 Å². The summed E-state index contributed by atoms with van der Waals surface area (Å²) in [6.45, 7) is 11.2. The van der Waals surface area contributed by atoms with E-state index in [2.05, 4.69) is 57.3 Å². The van der Waals surface area contributed by atoms with Crippen LogP contribution in [0.4, 0.5) is 0 Å². The third kappa shape index (κ3) is 6.09. The Bertz CT molecular complexity index is 341. The van der Waals surface area contributed by atoms with Crippen LogP contribution in [0.2, 0.25) is 0 Å². The topological polar surface area (TPSA) is 12.0 Å². The summed E-state index contributed by atoms with van der Waals surface area (Å²) in [5.74, 6) is 1.54. The van der Waals surface area contributed by atoms with Gasteiger partial charge in [0.05, 0.1) is 0 Å². The van der Waals surface area contributed by atoms with Crippen molar-refractivity contribution in [3.63, 3.8) is 0 Å². The van der Waals surface area contributed by atoms with Crippen LogP contribution in [0.15, 0.2) is 24.3 Å². The number of rotatable bonds is 10. The number of benzene rings is 1. The van der Waals surface area contributed by atoms with Crippen LogP contribution in [0.3, 0.4) is 0 Å². The van der Waals surface area contributed by atoms with Gasteiger partial charge in [-0.2, -0.15) is 0 Å². The molecule has 2 unspecified atom stereocenters. The van der Waals surface area contributed by atoms with Gasteiger partial charge in [0.2, 0.25) is 0 Å². The summed E-state index contributed by atoms with van der Waals surface area (Å²) < 4.78 is 0. The first-order valence-corrected chi connectivity index (χ1v) is 8.48. The van der Waals surface area contributed by atoms with Crippen molar-refractivity contribution in [1.82, 2.24) is 5.32 Å². The van der Waals surface area contributed by atoms with Crippen LogP contribution < -0.4 is 5.32 Å². The Morgan fingerprint density at radius 1 is 1.05 bits per heavy atom. The number of likely N-dealkylation sites (N-methyl/N-ethyl adjacent to an activating group) is 1. The molecule has 0 radical (unpaired) electrons. The normalized spacial score (nSPS) is 14.2. The maximum Gasteiger partial charge on any atom is 0.00201 e. The third-order valence-corrected chi connectivity index (χ3v) is 4.35. The fourth-order valence-corrected chi connectivity index (χ4v) is 2.88. The summed E-state index contributed by atoms with van der Waals surface area (Å²) in [7, 11) is 0. The van der Waals surface area contributed by atoms with Gasteiger partial charge in [-0.3, -0.25) is 0 Å². The molecule has 0 aromatic heterocycles. The van der Waals surface area contributed by atoms with Crippen molar-refractivity contribution in [2.45, 2.75) is 65.7 Å². The zero-order valence-corrected chi connectivity index (χ0v) is 13.9. The van der Waals surface area contributed by atoms with Gasteiger partial charge in [0.15, 0.2) is 0 Å². The third-order valence-electron chi connectivity index (χ3n) is 4.35. The SMILES string of the molecule is CCCCC(CC)CC(CNCC)c1ccc(C)cc1. The van der Waals surface area contributed by atoms with Crippen molar-refractivity contribution in [2.24, 2.45) is 5.92 Å². The lowest BCUT2D eigenvalue weighted by atomic mass is 9.84. The Balaban J connectivity index is 2.69. The molecule has 1 nitrogen and oxygen atoms in total. The number of aryl methyl sites for hydroxylation is 1. The molecule has 0 fully saturated rings. The predicted octanol–water partition coefficient (Wildman–Crippen LogP) is 5.29. The van der Waals surface area contributed by atoms with E-state index < -0.39 is 0 Å². The van der Waals surface area contributed by atoms with Crippen molar-refractivity contribution in [2.75, 3.05) is 13.1 Å². The van der Waals surface area contributed by atoms with E-state index in [0.29, 0.717) is 5.92 Å². The molecule has 0 aliphatic rings. The largest absolute Gasteiger partial charge is 0.316 e. The molecular weight excluding hydrogens is 242 g/mol. The first kappa shape index (κ1) is 17.2. The van der Waals surface area contributed by atoms with Gasteiger partial charge >= 0.3 is 0 Å². The summed E-state index contributed by atoms with van der Waals surface area (Å²) in [6, 6.07) is 9.15. The van der Waals surface area contributed by atoms with E-state index in [-0.39, 0.29) is 0 Å². The Morgan fingerprint density at radius 3 is 2.30 bits per heavy atom. The minimum atomic E-state index is 0.664. The molecule has 0 saturated carbocycles. The molecule has 2 atom stereocenters. The molecule has 0 bridgehead atoms. The standard InChI is InChI=1S/C19H33N/c1-5-8-9-17(6-2)14-19(15-20-7-3)18-12-10-16(4)11-13-18/h10-13,17,19-20H,5-9,14-15H2,1-4H3. The average Bonchev–Trinajstić information content (AvgIpc) is 2.48. The lowest BCUT2D eigenvalue weighted by Gasteiger charge is -2.23. The highest BCUT2D eigenvalue weighted by Gasteiger charge is 2.16. The molecule has 0 saturated heterocycles. The Hall–Kier alpha value is -0.820. The van der Waals surface area contributed by atoms with E-state index in [4.69, 9.17) is 0 Å². The highest BCUT2D eigenvalue weighted by molar-refractivity contribution is 5.24. The molecule has 0 aliphatic carbocycles. The molecular formula is C19H33N. The van der Waals surface area contributed by atoms with Crippen molar-refractivity contribution in [3.05, 3.63) is 35.4 Å². The van der Waals surface area contributed by atoms with Gasteiger partial charge in [0.25, 0.3) is 0 Å². The molecule has 1 aromatic carbocycles. The molecule has 20 heavy (non-hydrogen) atoms. The molecule has 0 amide bonds. The molecule has 1 aromatic rings. The highest BCUT2D eigenvalue weighted by Crippen LogP contribution is 2.28. The number of hydrogen-bond donors (Lipinski definition) is 1. The van der Waals surface area contributed by atoms with Crippen molar-refractivity contribution in [1.29, 1.82) is 0 Å². The van der Waals surface area contributed by atoms with Crippen LogP contribution in [-0.2, 0) is 0 Å². The van der Waals surface area contributed by atoms with Gasteiger partial charge in [-0.05, 0) is 37.3 Å². The van der Waals surface area contributed by atoms with Gasteiger partial charge in [0, 0.05) is 6.54 Å². The average molecular weight is 275 g/mol. The summed E-state index contributed by atoms with van der Waals surface area (Å²) in [5, 5.41) is 3.55. The summed E-state index contributed by atoms with van der Waals surface area (Å²) in [4.78, 5) is 0. The zero-order chi connectivity index (χ0) is 14.8. The fourth-order valence-electron chi connectivity index (χ4n) is 2.88. The molecule has 0 heterocycles. The molecule has 1 rings (SSSR count). The van der Waals surface area contributed by atoms with Gasteiger partial charge in [-0.15, -0.1) is 0 Å². The second kappa shape index (κ2) is 9.99. The molecule has 114 valence electrons. The highest BCUT2D eigenvalue weighted by atomic mass is 14.8. The fraction of sp³-hybridized carbons (Fsp3) is 0.684. The molecule has 1 heteroatoms. The second-order valence-electron chi connectivity index (χ2n) is 6.07. The van der Waals surface area contributed by atoms with Crippen LogP contribution in [0.1, 0.15) is 69.9 Å². The lowest BCUT2D eigenvalue weighted by Crippen LogP contribution is -2.23. The summed E-state index contributed by atoms with van der Waals surface area (Å²) in [6.07, 6.45) is 6.72. The van der Waals surface area contributed by atoms with Crippen LogP contribution in [-0.4, -0.2) is 13.1 Å². The Kier molecular flexibility index (Phi) is 8.60. The molecule has 0 spiro atoms. The van der Waals surface area contributed by atoms with E-state index in [0.717, 1.165) is 19.0 Å². The monoisotopic (exact) mass is 275 g/mol. The van der Waals surface area contributed by atoms with Crippen LogP contribution in [0.25, 0.3) is 0 Å². The first-order chi connectivity index (χ1) is 9.71. The number of hydrogen-bond acceptors (Lipinski definition) is 1. The van der Waals surface area contributed by atoms with Crippen LogP contribution >= 0.6 is 0 Å². The van der Waals surface area contributed by atoms with E-state index in [1.807, 2.05) is 0 Å².